The third-order valence-corrected chi connectivity index (χ3v) is 19.7. The van der Waals surface area contributed by atoms with Crippen LogP contribution in [0, 0.1) is 11.8 Å². The van der Waals surface area contributed by atoms with Gasteiger partial charge in [-0.05, 0) is 116 Å². The lowest BCUT2D eigenvalue weighted by atomic mass is 9.88. The molecule has 0 saturated carbocycles. The third-order valence-electron chi connectivity index (χ3n) is 17.4. The van der Waals surface area contributed by atoms with E-state index in [2.05, 4.69) is 41.9 Å². The Labute approximate surface area is 499 Å². The van der Waals surface area contributed by atoms with Crippen LogP contribution in [0.2, 0.25) is 0 Å². The first-order valence-electron chi connectivity index (χ1n) is 30.1. The minimum Gasteiger partial charge on any atom is -0.343 e. The van der Waals surface area contributed by atoms with Crippen LogP contribution in [0.25, 0.3) is 42.9 Å². The molecule has 4 aliphatic rings. The molecule has 4 aliphatic heterocycles. The second kappa shape index (κ2) is 28.2. The molecule has 4 fully saturated rings. The summed E-state index contributed by atoms with van der Waals surface area (Å²) in [6.07, 6.45) is 12.5. The van der Waals surface area contributed by atoms with E-state index >= 15 is 0 Å². The quantitative estimate of drug-likeness (QED) is 0.0381. The summed E-state index contributed by atoms with van der Waals surface area (Å²) in [6, 6.07) is 20.8. The standard InChI is InChI=1S/C62H80N14O6S2/c1-39(63-3)55(77)69-51(59(79)75-33-15-21-45(75)57-71-53-47(83-57)23-31-65-49(53)41-17-9-7-10-18-41)43-25-35-73(36-26-43)61(81)67-29-13-5-6-14-30-68-62(82)74-37-27-44(28-38-74)52(70-56(78)40(2)64-4)60(80)76-34-16-22-46(76)58-72-54-48(84-58)24-32-66-50(54)42-19-11-8-12-20-42/h7-12,17-20,23-24,31-32,39-40,43-46,51-52,63-64H,5-6,13-16,21-22,25-30,33-38H2,1-4H3,(H,67,81)(H,68,82)(H,69,77)(H,70,78)/t39-,40-,45-,46-,51-,52-/m0/s1. The number of aromatic nitrogens is 4. The van der Waals surface area contributed by atoms with Gasteiger partial charge in [-0.3, -0.25) is 29.1 Å². The fraction of sp³-hybridized carbons (Fsp3) is 0.516. The Morgan fingerprint density at radius 2 is 0.917 bits per heavy atom. The number of thiazole rings is 2. The van der Waals surface area contributed by atoms with Gasteiger partial charge in [0.05, 0.1) is 45.0 Å². The van der Waals surface area contributed by atoms with E-state index in [0.29, 0.717) is 78.0 Å². The van der Waals surface area contributed by atoms with Gasteiger partial charge in [0.1, 0.15) is 33.1 Å². The number of carbonyl (C=O) groups is 6. The van der Waals surface area contributed by atoms with Gasteiger partial charge in [0.25, 0.3) is 0 Å². The van der Waals surface area contributed by atoms with Gasteiger partial charge in [0, 0.05) is 75.9 Å². The number of fused-ring (bicyclic) bond motifs is 2. The molecule has 0 unspecified atom stereocenters. The molecule has 6 atom stereocenters. The van der Waals surface area contributed by atoms with Crippen LogP contribution in [0.15, 0.2) is 85.2 Å². The molecule has 84 heavy (non-hydrogen) atoms. The molecule has 2 aromatic carbocycles. The molecule has 0 radical (unpaired) electrons. The van der Waals surface area contributed by atoms with Crippen molar-refractivity contribution in [3.63, 3.8) is 0 Å². The number of unbranched alkanes of at least 4 members (excludes halogenated alkanes) is 3. The number of hydrogen-bond acceptors (Lipinski definition) is 14. The fourth-order valence-electron chi connectivity index (χ4n) is 12.2. The summed E-state index contributed by atoms with van der Waals surface area (Å²) < 4.78 is 2.03. The zero-order valence-corrected chi connectivity index (χ0v) is 50.3. The molecule has 4 saturated heterocycles. The van der Waals surface area contributed by atoms with Crippen molar-refractivity contribution in [3.8, 4) is 22.5 Å². The second-order valence-electron chi connectivity index (χ2n) is 22.7. The Kier molecular flexibility index (Phi) is 20.1. The zero-order valence-electron chi connectivity index (χ0n) is 48.7. The Hall–Kier alpha value is -7.14. The van der Waals surface area contributed by atoms with Crippen LogP contribution in [0.5, 0.6) is 0 Å². The molecule has 4 aromatic heterocycles. The number of nitrogens with one attached hydrogen (secondary N) is 6. The maximum absolute atomic E-state index is 14.7. The largest absolute Gasteiger partial charge is 0.343 e. The number of rotatable bonds is 21. The van der Waals surface area contributed by atoms with Gasteiger partial charge in [-0.15, -0.1) is 22.7 Å². The lowest BCUT2D eigenvalue weighted by Crippen LogP contribution is -2.57. The minimum atomic E-state index is -0.741. The summed E-state index contributed by atoms with van der Waals surface area (Å²) in [5, 5.41) is 20.2. The molecule has 446 valence electrons. The topological polar surface area (TPSA) is 239 Å². The lowest BCUT2D eigenvalue weighted by molar-refractivity contribution is -0.139. The number of pyridine rings is 2. The van der Waals surface area contributed by atoms with Gasteiger partial charge in [-0.1, -0.05) is 73.5 Å². The summed E-state index contributed by atoms with van der Waals surface area (Å²) in [5.41, 5.74) is 5.25. The molecule has 6 aromatic rings. The highest BCUT2D eigenvalue weighted by Crippen LogP contribution is 2.42. The molecule has 0 bridgehead atoms. The monoisotopic (exact) mass is 1180 g/mol. The molecular formula is C62H80N14O6S2. The van der Waals surface area contributed by atoms with Crippen LogP contribution in [-0.4, -0.2) is 166 Å². The Morgan fingerprint density at radius 1 is 0.524 bits per heavy atom. The summed E-state index contributed by atoms with van der Waals surface area (Å²) in [5.74, 6) is -0.994. The van der Waals surface area contributed by atoms with Crippen molar-refractivity contribution in [2.24, 2.45) is 11.8 Å². The molecule has 0 spiro atoms. The fourth-order valence-corrected chi connectivity index (χ4v) is 14.5. The Balaban J connectivity index is 0.652. The SMILES string of the molecule is CN[C@@H](C)C(=O)N[C@H](C(=O)N1CCC[C@H]1c1nc2c(-c3ccccc3)nccc2s1)C1CCN(C(=O)NCCCCCCNC(=O)N2CCC([C@H](NC(=O)[C@H](C)NC)C(=O)N3CCC[C@H]3c3nc4c(-c5ccccc5)nccc4s3)CC2)CC1. The van der Waals surface area contributed by atoms with E-state index in [1.165, 1.54) is 0 Å². The predicted molar refractivity (Wildman–Crippen MR) is 328 cm³/mol. The van der Waals surface area contributed by atoms with Crippen molar-refractivity contribution >= 4 is 78.8 Å². The van der Waals surface area contributed by atoms with Crippen LogP contribution >= 0.6 is 22.7 Å². The maximum atomic E-state index is 14.7. The Morgan fingerprint density at radius 3 is 1.30 bits per heavy atom. The number of likely N-dealkylation sites (tertiary alicyclic amines) is 4. The predicted octanol–water partition coefficient (Wildman–Crippen LogP) is 7.65. The van der Waals surface area contributed by atoms with E-state index in [1.54, 1.807) is 72.8 Å². The highest BCUT2D eigenvalue weighted by atomic mass is 32.1. The van der Waals surface area contributed by atoms with Crippen molar-refractivity contribution in [1.82, 2.24) is 71.4 Å². The van der Waals surface area contributed by atoms with Crippen molar-refractivity contribution in [2.45, 2.75) is 127 Å². The average molecular weight is 1180 g/mol. The highest BCUT2D eigenvalue weighted by Gasteiger charge is 2.43. The number of likely N-dealkylation sites (N-methyl/N-ethyl adjacent to an activating group) is 2. The van der Waals surface area contributed by atoms with Crippen molar-refractivity contribution in [2.75, 3.05) is 66.5 Å². The molecule has 0 aliphatic carbocycles. The van der Waals surface area contributed by atoms with Gasteiger partial charge in [-0.2, -0.15) is 0 Å². The normalized spacial score (nSPS) is 19.3. The van der Waals surface area contributed by atoms with Crippen LogP contribution in [0.3, 0.4) is 0 Å². The Bertz CT molecular complexity index is 3030. The van der Waals surface area contributed by atoms with Crippen LogP contribution < -0.4 is 31.9 Å². The van der Waals surface area contributed by atoms with Gasteiger partial charge in [0.2, 0.25) is 23.6 Å². The number of urea groups is 2. The van der Waals surface area contributed by atoms with E-state index in [4.69, 9.17) is 9.97 Å². The van der Waals surface area contributed by atoms with Crippen LogP contribution in [0.1, 0.15) is 113 Å². The van der Waals surface area contributed by atoms with Gasteiger partial charge < -0.3 is 51.5 Å². The molecule has 8 amide bonds. The number of carbonyl (C=O) groups excluding carboxylic acids is 6. The first kappa shape index (κ1) is 60.0. The van der Waals surface area contributed by atoms with Gasteiger partial charge >= 0.3 is 12.1 Å². The number of hydrogen-bond donors (Lipinski definition) is 6. The second-order valence-corrected chi connectivity index (χ2v) is 24.9. The summed E-state index contributed by atoms with van der Waals surface area (Å²) in [7, 11) is 3.45. The van der Waals surface area contributed by atoms with Gasteiger partial charge in [-0.25, -0.2) is 19.6 Å². The molecule has 10 rings (SSSR count). The van der Waals surface area contributed by atoms with E-state index < -0.39 is 24.2 Å². The minimum absolute atomic E-state index is 0.107. The van der Waals surface area contributed by atoms with Crippen LogP contribution in [0.4, 0.5) is 9.59 Å². The molecule has 20 nitrogen and oxygen atoms in total. The lowest BCUT2D eigenvalue weighted by Gasteiger charge is -2.38. The number of piperidine rings is 2. The van der Waals surface area contributed by atoms with Crippen LogP contribution in [-0.2, 0) is 19.2 Å². The number of nitrogens with zero attached hydrogens (tertiary/aromatic N) is 8. The first-order valence-corrected chi connectivity index (χ1v) is 31.8. The zero-order chi connectivity index (χ0) is 58.7. The van der Waals surface area contributed by atoms with Crippen molar-refractivity contribution < 1.29 is 28.8 Å². The summed E-state index contributed by atoms with van der Waals surface area (Å²) in [4.78, 5) is 110. The third kappa shape index (κ3) is 13.8. The van der Waals surface area contributed by atoms with E-state index in [1.807, 2.05) is 82.6 Å². The van der Waals surface area contributed by atoms with E-state index in [9.17, 15) is 28.8 Å². The van der Waals surface area contributed by atoms with Crippen molar-refractivity contribution in [1.29, 1.82) is 0 Å². The first-order chi connectivity index (χ1) is 40.9. The molecular weight excluding hydrogens is 1100 g/mol. The van der Waals surface area contributed by atoms with E-state index in [-0.39, 0.29) is 59.6 Å². The molecule has 6 N–H and O–H groups in total. The summed E-state index contributed by atoms with van der Waals surface area (Å²) >= 11 is 3.18. The number of amides is 8. The smallest absolute Gasteiger partial charge is 0.317 e. The molecule has 8 heterocycles. The van der Waals surface area contributed by atoms with Gasteiger partial charge in [0.15, 0.2) is 0 Å². The van der Waals surface area contributed by atoms with Crippen molar-refractivity contribution in [3.05, 3.63) is 95.2 Å². The van der Waals surface area contributed by atoms with E-state index in [0.717, 1.165) is 104 Å². The highest BCUT2D eigenvalue weighted by molar-refractivity contribution is 7.19. The maximum Gasteiger partial charge on any atom is 0.317 e. The molecule has 22 heteroatoms. The summed E-state index contributed by atoms with van der Waals surface area (Å²) in [6.45, 7) is 7.63. The average Bonchev–Trinajstić information content (AvgIpc) is 4.09. The number of benzene rings is 2.